The Balaban J connectivity index is 1.83. The van der Waals surface area contributed by atoms with Crippen LogP contribution < -0.4 is 0 Å². The van der Waals surface area contributed by atoms with E-state index in [-0.39, 0.29) is 6.54 Å². The average Bonchev–Trinajstić information content (AvgIpc) is 2.68. The first-order valence-electron chi connectivity index (χ1n) is 4.71. The van der Waals surface area contributed by atoms with Crippen molar-refractivity contribution in [1.29, 1.82) is 0 Å². The highest BCUT2D eigenvalue weighted by molar-refractivity contribution is 4.97. The summed E-state index contributed by atoms with van der Waals surface area (Å²) in [4.78, 5) is 1.93. The highest BCUT2D eigenvalue weighted by atomic mass is 19.3. The first-order valence-corrected chi connectivity index (χ1v) is 4.71. The minimum Gasteiger partial charge on any atom is -0.297 e. The van der Waals surface area contributed by atoms with Crippen LogP contribution in [0.15, 0.2) is 0 Å². The third kappa shape index (κ3) is 1.76. The van der Waals surface area contributed by atoms with Crippen LogP contribution in [0.4, 0.5) is 8.78 Å². The summed E-state index contributed by atoms with van der Waals surface area (Å²) < 4.78 is 24.1. The van der Waals surface area contributed by atoms with Crippen molar-refractivity contribution < 1.29 is 8.78 Å². The van der Waals surface area contributed by atoms with Gasteiger partial charge in [-0.25, -0.2) is 8.78 Å². The molecule has 0 aromatic heterocycles. The van der Waals surface area contributed by atoms with Crippen molar-refractivity contribution in [2.75, 3.05) is 19.6 Å². The van der Waals surface area contributed by atoms with Crippen LogP contribution in [0.25, 0.3) is 0 Å². The van der Waals surface area contributed by atoms with Crippen LogP contribution >= 0.6 is 0 Å². The van der Waals surface area contributed by atoms with Crippen LogP contribution in [0.1, 0.15) is 25.7 Å². The van der Waals surface area contributed by atoms with Crippen LogP contribution in [-0.4, -0.2) is 31.0 Å². The van der Waals surface area contributed by atoms with Gasteiger partial charge in [0.2, 0.25) is 0 Å². The lowest BCUT2D eigenvalue weighted by Gasteiger charge is -2.32. The second-order valence-electron chi connectivity index (χ2n) is 4.23. The predicted molar refractivity (Wildman–Crippen MR) is 43.3 cm³/mol. The van der Waals surface area contributed by atoms with Gasteiger partial charge in [0.05, 0.1) is 6.54 Å². The predicted octanol–water partition coefficient (Wildman–Crippen LogP) is 2.13. The summed E-state index contributed by atoms with van der Waals surface area (Å²) in [6, 6.07) is 0. The zero-order chi connectivity index (χ0) is 8.60. The number of hydrogen-bond donors (Lipinski definition) is 0. The van der Waals surface area contributed by atoms with Crippen molar-refractivity contribution in [1.82, 2.24) is 4.90 Å². The quantitative estimate of drug-likeness (QED) is 0.621. The van der Waals surface area contributed by atoms with E-state index in [0.717, 1.165) is 19.5 Å². The Morgan fingerprint density at radius 1 is 1.25 bits per heavy atom. The maximum Gasteiger partial charge on any atom is 0.251 e. The molecule has 1 aliphatic heterocycles. The molecule has 12 heavy (non-hydrogen) atoms. The maximum atomic E-state index is 12.0. The van der Waals surface area contributed by atoms with Gasteiger partial charge in [0.15, 0.2) is 0 Å². The van der Waals surface area contributed by atoms with Gasteiger partial charge < -0.3 is 0 Å². The zero-order valence-corrected chi connectivity index (χ0v) is 7.23. The molecule has 2 rings (SSSR count). The van der Waals surface area contributed by atoms with Gasteiger partial charge >= 0.3 is 0 Å². The Bertz CT molecular complexity index is 166. The first kappa shape index (κ1) is 8.42. The molecular weight excluding hydrogens is 160 g/mol. The van der Waals surface area contributed by atoms with Gasteiger partial charge in [-0.1, -0.05) is 0 Å². The van der Waals surface area contributed by atoms with Crippen LogP contribution in [0.2, 0.25) is 0 Å². The second kappa shape index (κ2) is 2.95. The summed E-state index contributed by atoms with van der Waals surface area (Å²) >= 11 is 0. The molecule has 3 heteroatoms. The van der Waals surface area contributed by atoms with Crippen LogP contribution in [0.3, 0.4) is 0 Å². The molecule has 0 atom stereocenters. The number of halogens is 2. The van der Waals surface area contributed by atoms with Gasteiger partial charge in [-0.15, -0.1) is 0 Å². The lowest BCUT2D eigenvalue weighted by molar-refractivity contribution is 0.0603. The number of piperidine rings is 1. The topological polar surface area (TPSA) is 3.24 Å². The van der Waals surface area contributed by atoms with Gasteiger partial charge in [-0.05, 0) is 37.6 Å². The lowest BCUT2D eigenvalue weighted by Crippen LogP contribution is -2.39. The number of likely N-dealkylation sites (tertiary alicyclic amines) is 1. The van der Waals surface area contributed by atoms with Crippen LogP contribution in [0, 0.1) is 5.41 Å². The summed E-state index contributed by atoms with van der Waals surface area (Å²) in [5, 5.41) is 0. The Labute approximate surface area is 71.7 Å². The average molecular weight is 175 g/mol. The molecule has 2 aliphatic rings. The van der Waals surface area contributed by atoms with E-state index >= 15 is 0 Å². The Kier molecular flexibility index (Phi) is 2.07. The summed E-state index contributed by atoms with van der Waals surface area (Å²) in [5.74, 6) is 0. The largest absolute Gasteiger partial charge is 0.297 e. The minimum absolute atomic E-state index is 0.0122. The molecule has 70 valence electrons. The molecule has 1 nitrogen and oxygen atoms in total. The van der Waals surface area contributed by atoms with E-state index in [1.807, 2.05) is 4.90 Å². The molecule has 0 bridgehead atoms. The number of hydrogen-bond acceptors (Lipinski definition) is 1. The van der Waals surface area contributed by atoms with E-state index in [1.54, 1.807) is 0 Å². The molecule has 1 aliphatic carbocycles. The van der Waals surface area contributed by atoms with Crippen molar-refractivity contribution >= 4 is 0 Å². The van der Waals surface area contributed by atoms with E-state index in [2.05, 4.69) is 0 Å². The van der Waals surface area contributed by atoms with Crippen LogP contribution in [0.5, 0.6) is 0 Å². The minimum atomic E-state index is -2.15. The van der Waals surface area contributed by atoms with Crippen molar-refractivity contribution in [3.63, 3.8) is 0 Å². The van der Waals surface area contributed by atoms with E-state index in [0.29, 0.717) is 5.41 Å². The molecule has 0 aromatic rings. The van der Waals surface area contributed by atoms with Crippen molar-refractivity contribution in [3.05, 3.63) is 0 Å². The molecule has 0 radical (unpaired) electrons. The van der Waals surface area contributed by atoms with Gasteiger partial charge in [-0.3, -0.25) is 4.90 Å². The molecule has 1 saturated carbocycles. The Morgan fingerprint density at radius 2 is 2.00 bits per heavy atom. The van der Waals surface area contributed by atoms with Crippen molar-refractivity contribution in [2.45, 2.75) is 32.1 Å². The lowest BCUT2D eigenvalue weighted by atomic mass is 9.95. The first-order chi connectivity index (χ1) is 5.70. The van der Waals surface area contributed by atoms with Gasteiger partial charge in [-0.2, -0.15) is 0 Å². The fraction of sp³-hybridized carbons (Fsp3) is 1.00. The normalized spacial score (nSPS) is 28.2. The van der Waals surface area contributed by atoms with E-state index in [1.165, 1.54) is 19.3 Å². The molecule has 1 spiro atoms. The molecule has 0 N–H and O–H groups in total. The number of rotatable bonds is 2. The molecule has 1 heterocycles. The van der Waals surface area contributed by atoms with Crippen molar-refractivity contribution in [2.24, 2.45) is 5.41 Å². The zero-order valence-electron chi connectivity index (χ0n) is 7.23. The molecule has 1 saturated heterocycles. The Hall–Kier alpha value is -0.180. The van der Waals surface area contributed by atoms with Gasteiger partial charge in [0.25, 0.3) is 6.43 Å². The molecule has 2 fully saturated rings. The molecule has 0 unspecified atom stereocenters. The third-order valence-electron chi connectivity index (χ3n) is 3.09. The summed E-state index contributed by atoms with van der Waals surface area (Å²) in [6.07, 6.45) is 2.78. The fourth-order valence-electron chi connectivity index (χ4n) is 2.25. The summed E-state index contributed by atoms with van der Waals surface area (Å²) in [5.41, 5.74) is 0.479. The monoisotopic (exact) mass is 175 g/mol. The number of nitrogens with zero attached hydrogens (tertiary/aromatic N) is 1. The third-order valence-corrected chi connectivity index (χ3v) is 3.09. The molecular formula is C9H15F2N. The molecule has 0 amide bonds. The van der Waals surface area contributed by atoms with E-state index < -0.39 is 6.43 Å². The highest BCUT2D eigenvalue weighted by Crippen LogP contribution is 2.51. The van der Waals surface area contributed by atoms with Crippen LogP contribution in [-0.2, 0) is 0 Å². The second-order valence-corrected chi connectivity index (χ2v) is 4.23. The Morgan fingerprint density at radius 3 is 2.58 bits per heavy atom. The molecule has 0 aromatic carbocycles. The number of alkyl halides is 2. The van der Waals surface area contributed by atoms with Gasteiger partial charge in [0, 0.05) is 6.54 Å². The van der Waals surface area contributed by atoms with Crippen molar-refractivity contribution in [3.8, 4) is 0 Å². The SMILES string of the molecule is FC(F)CN1CCCC2(CC2)C1. The van der Waals surface area contributed by atoms with E-state index in [4.69, 9.17) is 0 Å². The summed E-state index contributed by atoms with van der Waals surface area (Å²) in [7, 11) is 0. The van der Waals surface area contributed by atoms with Gasteiger partial charge in [0.1, 0.15) is 0 Å². The maximum absolute atomic E-state index is 12.0. The summed E-state index contributed by atoms with van der Waals surface area (Å²) in [6.45, 7) is 1.80. The standard InChI is InChI=1S/C9H15F2N/c10-8(11)6-12-5-1-2-9(7-12)3-4-9/h8H,1-7H2. The van der Waals surface area contributed by atoms with E-state index in [9.17, 15) is 8.78 Å². The fourth-order valence-corrected chi connectivity index (χ4v) is 2.25. The smallest absolute Gasteiger partial charge is 0.251 e. The highest BCUT2D eigenvalue weighted by Gasteiger charge is 2.45.